The van der Waals surface area contributed by atoms with Crippen molar-refractivity contribution in [3.63, 3.8) is 0 Å². The monoisotopic (exact) mass is 440 g/mol. The highest BCUT2D eigenvalue weighted by Crippen LogP contribution is 2.22. The smallest absolute Gasteiger partial charge is 0.338 e. The zero-order valence-corrected chi connectivity index (χ0v) is 16.7. The number of esters is 2. The van der Waals surface area contributed by atoms with E-state index in [0.717, 1.165) is 6.07 Å². The summed E-state index contributed by atoms with van der Waals surface area (Å²) in [6, 6.07) is 9.32. The van der Waals surface area contributed by atoms with Crippen molar-refractivity contribution in [1.82, 2.24) is 0 Å². The minimum absolute atomic E-state index is 0.134. The number of hydrogen-bond acceptors (Lipinski definition) is 7. The van der Waals surface area contributed by atoms with Crippen molar-refractivity contribution in [2.45, 2.75) is 11.8 Å². The van der Waals surface area contributed by atoms with Crippen LogP contribution < -0.4 is 10.5 Å². The first-order valence-electron chi connectivity index (χ1n) is 8.18. The van der Waals surface area contributed by atoms with Gasteiger partial charge in [-0.2, -0.15) is 0 Å². The number of hydrogen-bond donors (Lipinski definition) is 2. The number of rotatable bonds is 7. The molecule has 0 fully saturated rings. The summed E-state index contributed by atoms with van der Waals surface area (Å²) in [5, 5.41) is 7.36. The van der Waals surface area contributed by atoms with Gasteiger partial charge in [-0.1, -0.05) is 11.6 Å². The largest absolute Gasteiger partial charge is 0.462 e. The van der Waals surface area contributed by atoms with E-state index in [1.807, 2.05) is 0 Å². The maximum absolute atomic E-state index is 12.0. The third-order valence-electron chi connectivity index (χ3n) is 3.49. The molecule has 0 aliphatic heterocycles. The molecule has 3 N–H and O–H groups in total. The standard InChI is InChI=1S/C18H17ClN2O7S/c1-2-27-17(23)11-3-6-13(7-4-11)21-16(22)10-28-18(24)12-5-8-14(19)15(9-12)29(20,25)26/h3-9H,2,10H2,1H3,(H,21,22)(H2,20,25,26). The van der Waals surface area contributed by atoms with E-state index >= 15 is 0 Å². The molecular weight excluding hydrogens is 424 g/mol. The zero-order chi connectivity index (χ0) is 21.6. The van der Waals surface area contributed by atoms with E-state index in [2.05, 4.69) is 5.32 Å². The van der Waals surface area contributed by atoms with Gasteiger partial charge in [0.25, 0.3) is 5.91 Å². The second-order valence-corrected chi connectivity index (χ2v) is 7.55. The van der Waals surface area contributed by atoms with Gasteiger partial charge in [-0.25, -0.2) is 23.1 Å². The van der Waals surface area contributed by atoms with Crippen LogP contribution in [-0.4, -0.2) is 39.5 Å². The van der Waals surface area contributed by atoms with Crippen molar-refractivity contribution < 1.29 is 32.3 Å². The summed E-state index contributed by atoms with van der Waals surface area (Å²) in [5.41, 5.74) is 0.566. The van der Waals surface area contributed by atoms with Gasteiger partial charge in [-0.3, -0.25) is 4.79 Å². The SMILES string of the molecule is CCOC(=O)c1ccc(NC(=O)COC(=O)c2ccc(Cl)c(S(N)(=O)=O)c2)cc1. The first kappa shape index (κ1) is 22.3. The number of sulfonamides is 1. The molecule has 0 aromatic heterocycles. The van der Waals surface area contributed by atoms with Crippen molar-refractivity contribution in [1.29, 1.82) is 0 Å². The molecular formula is C18H17ClN2O7S. The molecule has 0 bridgehead atoms. The number of nitrogens with two attached hydrogens (primary N) is 1. The van der Waals surface area contributed by atoms with Crippen LogP contribution in [0.3, 0.4) is 0 Å². The summed E-state index contributed by atoms with van der Waals surface area (Å²) in [4.78, 5) is 35.1. The van der Waals surface area contributed by atoms with Gasteiger partial charge in [0.1, 0.15) is 4.90 Å². The molecule has 1 amide bonds. The summed E-state index contributed by atoms with van der Waals surface area (Å²) in [7, 11) is -4.13. The fraction of sp³-hybridized carbons (Fsp3) is 0.167. The van der Waals surface area contributed by atoms with E-state index in [0.29, 0.717) is 11.3 Å². The van der Waals surface area contributed by atoms with Crippen LogP contribution in [0.1, 0.15) is 27.6 Å². The predicted molar refractivity (Wildman–Crippen MR) is 104 cm³/mol. The van der Waals surface area contributed by atoms with E-state index < -0.39 is 39.4 Å². The van der Waals surface area contributed by atoms with Gasteiger partial charge < -0.3 is 14.8 Å². The number of anilines is 1. The van der Waals surface area contributed by atoms with Crippen LogP contribution in [-0.2, 0) is 24.3 Å². The molecule has 2 aromatic carbocycles. The lowest BCUT2D eigenvalue weighted by Crippen LogP contribution is -2.21. The Morgan fingerprint density at radius 3 is 2.17 bits per heavy atom. The minimum Gasteiger partial charge on any atom is -0.462 e. The zero-order valence-electron chi connectivity index (χ0n) is 15.2. The van der Waals surface area contributed by atoms with Crippen molar-refractivity contribution in [3.8, 4) is 0 Å². The van der Waals surface area contributed by atoms with Crippen molar-refractivity contribution in [3.05, 3.63) is 58.6 Å². The summed E-state index contributed by atoms with van der Waals surface area (Å²) < 4.78 is 32.6. The number of halogens is 1. The normalized spacial score (nSPS) is 10.9. The molecule has 0 atom stereocenters. The van der Waals surface area contributed by atoms with Crippen molar-refractivity contribution >= 4 is 45.2 Å². The highest BCUT2D eigenvalue weighted by atomic mass is 35.5. The Balaban J connectivity index is 1.95. The fourth-order valence-corrected chi connectivity index (χ4v) is 3.24. The predicted octanol–water partition coefficient (Wildman–Crippen LogP) is 1.96. The second-order valence-electron chi connectivity index (χ2n) is 5.61. The molecule has 0 radical (unpaired) electrons. The van der Waals surface area contributed by atoms with Crippen LogP contribution >= 0.6 is 11.6 Å². The Kier molecular flexibility index (Phi) is 7.32. The van der Waals surface area contributed by atoms with Gasteiger partial charge in [0.05, 0.1) is 22.8 Å². The van der Waals surface area contributed by atoms with Crippen LogP contribution in [0.5, 0.6) is 0 Å². The van der Waals surface area contributed by atoms with Crippen LogP contribution in [0.4, 0.5) is 5.69 Å². The van der Waals surface area contributed by atoms with Gasteiger partial charge in [-0.05, 0) is 49.4 Å². The van der Waals surface area contributed by atoms with Crippen LogP contribution in [0.2, 0.25) is 5.02 Å². The van der Waals surface area contributed by atoms with E-state index in [9.17, 15) is 22.8 Å². The van der Waals surface area contributed by atoms with Crippen LogP contribution in [0, 0.1) is 0 Å². The molecule has 0 saturated heterocycles. The summed E-state index contributed by atoms with van der Waals surface area (Å²) in [6.45, 7) is 1.31. The summed E-state index contributed by atoms with van der Waals surface area (Å²) in [5.74, 6) is -2.05. The quantitative estimate of drug-likeness (QED) is 0.626. The average Bonchev–Trinajstić information content (AvgIpc) is 2.66. The first-order chi connectivity index (χ1) is 13.6. The average molecular weight is 441 g/mol. The van der Waals surface area contributed by atoms with E-state index in [4.69, 9.17) is 26.2 Å². The molecule has 154 valence electrons. The number of nitrogens with one attached hydrogen (secondary N) is 1. The number of primary sulfonamides is 1. The van der Waals surface area contributed by atoms with Crippen LogP contribution in [0.25, 0.3) is 0 Å². The molecule has 0 saturated carbocycles. The first-order valence-corrected chi connectivity index (χ1v) is 10.1. The topological polar surface area (TPSA) is 142 Å². The molecule has 11 heteroatoms. The summed E-state index contributed by atoms with van der Waals surface area (Å²) >= 11 is 5.75. The maximum atomic E-state index is 12.0. The Morgan fingerprint density at radius 2 is 1.59 bits per heavy atom. The number of carbonyl (C=O) groups is 3. The Bertz CT molecular complexity index is 1040. The highest BCUT2D eigenvalue weighted by Gasteiger charge is 2.18. The van der Waals surface area contributed by atoms with E-state index in [1.54, 1.807) is 6.92 Å². The third kappa shape index (κ3) is 6.28. The fourth-order valence-electron chi connectivity index (χ4n) is 2.16. The molecule has 0 aliphatic rings. The maximum Gasteiger partial charge on any atom is 0.338 e. The van der Waals surface area contributed by atoms with Crippen molar-refractivity contribution in [2.24, 2.45) is 5.14 Å². The molecule has 9 nitrogen and oxygen atoms in total. The lowest BCUT2D eigenvalue weighted by molar-refractivity contribution is -0.119. The van der Waals surface area contributed by atoms with Gasteiger partial charge in [0.15, 0.2) is 6.61 Å². The van der Waals surface area contributed by atoms with E-state index in [1.165, 1.54) is 36.4 Å². The van der Waals surface area contributed by atoms with E-state index in [-0.39, 0.29) is 17.2 Å². The second kappa shape index (κ2) is 9.50. The van der Waals surface area contributed by atoms with Crippen molar-refractivity contribution in [2.75, 3.05) is 18.5 Å². The van der Waals surface area contributed by atoms with Gasteiger partial charge in [0.2, 0.25) is 10.0 Å². The Morgan fingerprint density at radius 1 is 1.00 bits per heavy atom. The highest BCUT2D eigenvalue weighted by molar-refractivity contribution is 7.89. The minimum atomic E-state index is -4.13. The molecule has 0 heterocycles. The van der Waals surface area contributed by atoms with Gasteiger partial charge >= 0.3 is 11.9 Å². The number of amides is 1. The number of ether oxygens (including phenoxy) is 2. The Labute approximate surface area is 171 Å². The third-order valence-corrected chi connectivity index (χ3v) is 4.88. The molecule has 29 heavy (non-hydrogen) atoms. The number of carbonyl (C=O) groups excluding carboxylic acids is 3. The lowest BCUT2D eigenvalue weighted by atomic mass is 10.2. The lowest BCUT2D eigenvalue weighted by Gasteiger charge is -2.08. The molecule has 0 unspecified atom stereocenters. The number of benzene rings is 2. The van der Waals surface area contributed by atoms with Crippen LogP contribution in [0.15, 0.2) is 47.4 Å². The summed E-state index contributed by atoms with van der Waals surface area (Å²) in [6.07, 6.45) is 0. The van der Waals surface area contributed by atoms with Gasteiger partial charge in [0, 0.05) is 5.69 Å². The molecule has 0 aliphatic carbocycles. The molecule has 0 spiro atoms. The van der Waals surface area contributed by atoms with Gasteiger partial charge in [-0.15, -0.1) is 0 Å². The molecule has 2 rings (SSSR count). The Hall–Kier alpha value is -2.95. The molecule has 2 aromatic rings.